The highest BCUT2D eigenvalue weighted by Gasteiger charge is 2.30. The van der Waals surface area contributed by atoms with Crippen molar-refractivity contribution in [2.45, 2.75) is 24.1 Å². The number of halogens is 4. The molecule has 0 saturated carbocycles. The molecule has 0 atom stereocenters. The molecule has 0 aromatic heterocycles. The molecule has 3 rings (SSSR count). The van der Waals surface area contributed by atoms with Gasteiger partial charge in [-0.25, -0.2) is 12.8 Å². The normalized spacial score (nSPS) is 11.7. The molecule has 3 aromatic rings. The Bertz CT molecular complexity index is 1360. The second-order valence-electron chi connectivity index (χ2n) is 7.87. The van der Waals surface area contributed by atoms with E-state index in [1.165, 1.54) is 72.4 Å². The van der Waals surface area contributed by atoms with Crippen LogP contribution in [0.5, 0.6) is 11.5 Å². The van der Waals surface area contributed by atoms with Crippen molar-refractivity contribution < 1.29 is 40.6 Å². The molecular weight excluding hydrogens is 536 g/mol. The number of carbonyl (C=O) groups is 1. The molecule has 0 aliphatic carbocycles. The Morgan fingerprint density at radius 2 is 1.76 bits per heavy atom. The number of ether oxygens (including phenoxy) is 1. The Kier molecular flexibility index (Phi) is 8.92. The summed E-state index contributed by atoms with van der Waals surface area (Å²) in [5.74, 6) is -1.16. The second kappa shape index (κ2) is 11.7. The molecule has 7 nitrogen and oxygen atoms in total. The number of aryl methyl sites for hydroxylation is 1. The summed E-state index contributed by atoms with van der Waals surface area (Å²) in [7, 11) is -3.63. The van der Waals surface area contributed by atoms with Gasteiger partial charge < -0.3 is 15.2 Å². The zero-order valence-electron chi connectivity index (χ0n) is 19.3. The first-order valence-electron chi connectivity index (χ1n) is 10.6. The van der Waals surface area contributed by atoms with Crippen molar-refractivity contribution in [3.8, 4) is 11.5 Å². The van der Waals surface area contributed by atoms with E-state index in [-0.39, 0.29) is 29.3 Å². The maximum Gasteiger partial charge on any atom is 0.573 e. The molecule has 0 radical (unpaired) electrons. The minimum absolute atomic E-state index is 0.0633. The van der Waals surface area contributed by atoms with Crippen LogP contribution in [0.1, 0.15) is 11.1 Å². The molecule has 1 amide bonds. The molecule has 3 aromatic carbocycles. The molecule has 0 aliphatic rings. The maximum absolute atomic E-state index is 14.5. The van der Waals surface area contributed by atoms with E-state index in [9.17, 15) is 35.9 Å². The molecule has 0 spiro atoms. The number of rotatable bonds is 10. The van der Waals surface area contributed by atoms with Crippen LogP contribution in [0.25, 0.3) is 0 Å². The molecular formula is C24H22F4N2O5S2. The number of amides is 1. The van der Waals surface area contributed by atoms with E-state index in [2.05, 4.69) is 14.8 Å². The fraction of sp³-hybridized carbons (Fsp3) is 0.208. The van der Waals surface area contributed by atoms with Crippen molar-refractivity contribution in [2.75, 3.05) is 22.0 Å². The van der Waals surface area contributed by atoms with Crippen molar-refractivity contribution in [3.63, 3.8) is 0 Å². The highest BCUT2D eigenvalue weighted by Crippen LogP contribution is 2.28. The van der Waals surface area contributed by atoms with E-state index >= 15 is 0 Å². The number of hydrogen-bond donors (Lipinski definition) is 3. The van der Waals surface area contributed by atoms with Gasteiger partial charge in [0.05, 0.1) is 18.4 Å². The third-order valence-electron chi connectivity index (χ3n) is 4.76. The smallest absolute Gasteiger partial charge is 0.506 e. The van der Waals surface area contributed by atoms with E-state index < -0.39 is 28.1 Å². The van der Waals surface area contributed by atoms with E-state index in [0.717, 1.165) is 6.26 Å². The zero-order valence-corrected chi connectivity index (χ0v) is 20.9. The lowest BCUT2D eigenvalue weighted by molar-refractivity contribution is -0.274. The van der Waals surface area contributed by atoms with Crippen LogP contribution >= 0.6 is 11.8 Å². The number of anilines is 2. The molecule has 0 fully saturated rings. The first-order valence-corrected chi connectivity index (χ1v) is 13.5. The van der Waals surface area contributed by atoms with E-state index in [0.29, 0.717) is 28.2 Å². The molecule has 13 heteroatoms. The first kappa shape index (κ1) is 28.1. The molecule has 0 saturated heterocycles. The van der Waals surface area contributed by atoms with Crippen LogP contribution in [0.15, 0.2) is 65.6 Å². The minimum atomic E-state index is -4.76. The van der Waals surface area contributed by atoms with E-state index in [4.69, 9.17) is 0 Å². The molecule has 0 unspecified atom stereocenters. The van der Waals surface area contributed by atoms with Crippen LogP contribution in [-0.2, 0) is 27.7 Å². The van der Waals surface area contributed by atoms with Crippen LogP contribution in [0.4, 0.5) is 28.9 Å². The predicted molar refractivity (Wildman–Crippen MR) is 133 cm³/mol. The summed E-state index contributed by atoms with van der Waals surface area (Å²) < 4.78 is 80.0. The molecule has 37 heavy (non-hydrogen) atoms. The summed E-state index contributed by atoms with van der Waals surface area (Å²) in [5.41, 5.74) is 0.991. The summed E-state index contributed by atoms with van der Waals surface area (Å²) >= 11 is 1.34. The van der Waals surface area contributed by atoms with Gasteiger partial charge in [0.25, 0.3) is 0 Å². The number of sulfonamides is 1. The number of nitrogens with one attached hydrogen (secondary N) is 2. The fourth-order valence-corrected chi connectivity index (χ4v) is 4.66. The lowest BCUT2D eigenvalue weighted by Crippen LogP contribution is -2.16. The molecule has 0 heterocycles. The number of hydrogen-bond acceptors (Lipinski definition) is 6. The van der Waals surface area contributed by atoms with Crippen LogP contribution in [-0.4, -0.2) is 37.8 Å². The van der Waals surface area contributed by atoms with Crippen LogP contribution in [0.2, 0.25) is 0 Å². The van der Waals surface area contributed by atoms with Gasteiger partial charge >= 0.3 is 6.36 Å². The molecule has 0 aliphatic heterocycles. The van der Waals surface area contributed by atoms with Crippen LogP contribution in [0.3, 0.4) is 0 Å². The number of thioether (sulfide) groups is 1. The number of aromatic hydroxyl groups is 1. The summed E-state index contributed by atoms with van der Waals surface area (Å²) in [6.45, 7) is 0. The minimum Gasteiger partial charge on any atom is -0.506 e. The van der Waals surface area contributed by atoms with E-state index in [1.54, 1.807) is 0 Å². The predicted octanol–water partition coefficient (Wildman–Crippen LogP) is 5.32. The molecule has 0 bridgehead atoms. The largest absolute Gasteiger partial charge is 0.573 e. The SMILES string of the molecule is CS(=O)(=O)Nc1cc(CC(=O)Nc2ccc(CCSc3ccc(OC(F)(F)F)cc3)c(F)c2)ccc1O. The third-order valence-corrected chi connectivity index (χ3v) is 6.36. The quantitative estimate of drug-likeness (QED) is 0.177. The average Bonchev–Trinajstić information content (AvgIpc) is 2.77. The van der Waals surface area contributed by atoms with Crippen LogP contribution in [0, 0.1) is 5.82 Å². The van der Waals surface area contributed by atoms with Gasteiger partial charge in [-0.1, -0.05) is 12.1 Å². The van der Waals surface area contributed by atoms with Gasteiger partial charge in [0.2, 0.25) is 15.9 Å². The summed E-state index contributed by atoms with van der Waals surface area (Å²) in [4.78, 5) is 13.1. The van der Waals surface area contributed by atoms with Gasteiger partial charge in [0.1, 0.15) is 17.3 Å². The topological polar surface area (TPSA) is 105 Å². The van der Waals surface area contributed by atoms with Crippen molar-refractivity contribution in [2.24, 2.45) is 0 Å². The Labute approximate surface area is 214 Å². The second-order valence-corrected chi connectivity index (χ2v) is 10.8. The van der Waals surface area contributed by atoms with Gasteiger partial charge in [0, 0.05) is 16.3 Å². The number of phenolic OH excluding ortho intramolecular Hbond substituents is 1. The molecule has 3 N–H and O–H groups in total. The summed E-state index contributed by atoms with van der Waals surface area (Å²) in [6, 6.07) is 13.7. The van der Waals surface area contributed by atoms with Gasteiger partial charge in [0.15, 0.2) is 0 Å². The van der Waals surface area contributed by atoms with Crippen molar-refractivity contribution in [3.05, 3.63) is 77.6 Å². The van der Waals surface area contributed by atoms with Crippen molar-refractivity contribution >= 4 is 39.1 Å². The average molecular weight is 559 g/mol. The van der Waals surface area contributed by atoms with E-state index in [1.807, 2.05) is 0 Å². The number of alkyl halides is 3. The monoisotopic (exact) mass is 558 g/mol. The van der Waals surface area contributed by atoms with Gasteiger partial charge in [-0.15, -0.1) is 24.9 Å². The van der Waals surface area contributed by atoms with Gasteiger partial charge in [-0.05, 0) is 66.1 Å². The standard InChI is InChI=1S/C24H22F4N2O5S2/c1-37(33,34)30-21-12-15(2-9-22(21)31)13-23(32)29-17-4-3-16(20(25)14-17)10-11-36-19-7-5-18(6-8-19)35-24(26,27)28/h2-9,12,14,30-31H,10-11,13H2,1H3,(H,29,32). The van der Waals surface area contributed by atoms with Crippen molar-refractivity contribution in [1.82, 2.24) is 0 Å². The lowest BCUT2D eigenvalue weighted by atomic mass is 10.1. The summed E-state index contributed by atoms with van der Waals surface area (Å²) in [5, 5.41) is 12.4. The van der Waals surface area contributed by atoms with Crippen LogP contribution < -0.4 is 14.8 Å². The Morgan fingerprint density at radius 1 is 1.05 bits per heavy atom. The number of benzene rings is 3. The Balaban J connectivity index is 1.52. The Hall–Kier alpha value is -3.45. The lowest BCUT2D eigenvalue weighted by Gasteiger charge is -2.11. The number of phenols is 1. The highest BCUT2D eigenvalue weighted by atomic mass is 32.2. The van der Waals surface area contributed by atoms with Crippen molar-refractivity contribution in [1.29, 1.82) is 0 Å². The van der Waals surface area contributed by atoms with Gasteiger partial charge in [-0.2, -0.15) is 0 Å². The Morgan fingerprint density at radius 3 is 2.38 bits per heavy atom. The molecule has 198 valence electrons. The maximum atomic E-state index is 14.5. The summed E-state index contributed by atoms with van der Waals surface area (Å²) in [6.07, 6.45) is -3.64. The fourth-order valence-electron chi connectivity index (χ4n) is 3.21. The highest BCUT2D eigenvalue weighted by molar-refractivity contribution is 7.99. The first-order chi connectivity index (χ1) is 17.3. The van der Waals surface area contributed by atoms with Gasteiger partial charge in [-0.3, -0.25) is 9.52 Å². The number of carbonyl (C=O) groups excluding carboxylic acids is 1. The third kappa shape index (κ3) is 9.50. The zero-order chi connectivity index (χ0) is 27.2.